The van der Waals surface area contributed by atoms with E-state index in [2.05, 4.69) is 65.8 Å². The molecule has 0 aliphatic carbocycles. The first-order valence-electron chi connectivity index (χ1n) is 9.88. The number of ether oxygens (including phenoxy) is 2. The summed E-state index contributed by atoms with van der Waals surface area (Å²) in [5.74, 6) is 0.877. The molecule has 2 heterocycles. The van der Waals surface area contributed by atoms with Crippen molar-refractivity contribution in [3.8, 4) is 22.7 Å². The van der Waals surface area contributed by atoms with Crippen LogP contribution in [0.2, 0.25) is 0 Å². The van der Waals surface area contributed by atoms with Crippen LogP contribution in [0.3, 0.4) is 0 Å². The van der Waals surface area contributed by atoms with Gasteiger partial charge in [0.25, 0.3) is 0 Å². The Morgan fingerprint density at radius 3 is 2.25 bits per heavy atom. The number of hydrogen-bond acceptors (Lipinski definition) is 3. The second-order valence-corrected chi connectivity index (χ2v) is 7.43. The molecule has 0 bridgehead atoms. The fraction of sp³-hybridized carbons (Fsp3) is 0.333. The summed E-state index contributed by atoms with van der Waals surface area (Å²) >= 11 is 0. The van der Waals surface area contributed by atoms with Gasteiger partial charge in [0, 0.05) is 31.0 Å². The van der Waals surface area contributed by atoms with Gasteiger partial charge in [0.15, 0.2) is 0 Å². The molecule has 4 rings (SSSR count). The van der Waals surface area contributed by atoms with E-state index < -0.39 is 0 Å². The summed E-state index contributed by atoms with van der Waals surface area (Å²) in [5.41, 5.74) is 7.54. The molecule has 146 valence electrons. The number of methoxy groups -OCH3 is 1. The van der Waals surface area contributed by atoms with Crippen LogP contribution in [-0.2, 0) is 11.3 Å². The Hall–Kier alpha value is -2.56. The molecule has 0 saturated carbocycles. The van der Waals surface area contributed by atoms with E-state index in [0.29, 0.717) is 0 Å². The van der Waals surface area contributed by atoms with Crippen LogP contribution in [0, 0.1) is 13.8 Å². The van der Waals surface area contributed by atoms with Crippen LogP contribution in [0.1, 0.15) is 16.8 Å². The zero-order valence-corrected chi connectivity index (χ0v) is 16.9. The number of aromatic nitrogens is 1. The molecule has 1 aliphatic rings. The first-order valence-corrected chi connectivity index (χ1v) is 9.88. The highest BCUT2D eigenvalue weighted by molar-refractivity contribution is 5.66. The van der Waals surface area contributed by atoms with E-state index in [1.807, 2.05) is 12.1 Å². The zero-order valence-electron chi connectivity index (χ0n) is 16.9. The van der Waals surface area contributed by atoms with Crippen LogP contribution in [-0.4, -0.2) is 42.9 Å². The molecule has 0 radical (unpaired) electrons. The summed E-state index contributed by atoms with van der Waals surface area (Å²) in [7, 11) is 1.70. The number of hydrogen-bond donors (Lipinski definition) is 0. The van der Waals surface area contributed by atoms with Gasteiger partial charge < -0.3 is 14.0 Å². The predicted molar refractivity (Wildman–Crippen MR) is 113 cm³/mol. The highest BCUT2D eigenvalue weighted by Gasteiger charge is 2.18. The third-order valence-corrected chi connectivity index (χ3v) is 5.53. The third-order valence-electron chi connectivity index (χ3n) is 5.53. The molecular weight excluding hydrogens is 348 g/mol. The van der Waals surface area contributed by atoms with Crippen molar-refractivity contribution < 1.29 is 9.47 Å². The number of rotatable bonds is 5. The van der Waals surface area contributed by atoms with Crippen molar-refractivity contribution in [3.63, 3.8) is 0 Å². The average Bonchev–Trinajstić information content (AvgIpc) is 3.05. The molecular formula is C24H28N2O2. The fourth-order valence-corrected chi connectivity index (χ4v) is 3.82. The Morgan fingerprint density at radius 1 is 0.929 bits per heavy atom. The van der Waals surface area contributed by atoms with E-state index >= 15 is 0 Å². The molecule has 1 aromatic heterocycles. The third kappa shape index (κ3) is 3.84. The monoisotopic (exact) mass is 376 g/mol. The van der Waals surface area contributed by atoms with Gasteiger partial charge in [0.05, 0.1) is 26.0 Å². The molecule has 1 fully saturated rings. The molecule has 1 saturated heterocycles. The summed E-state index contributed by atoms with van der Waals surface area (Å²) < 4.78 is 13.2. The maximum atomic E-state index is 5.51. The van der Waals surface area contributed by atoms with Crippen molar-refractivity contribution in [2.45, 2.75) is 20.4 Å². The maximum Gasteiger partial charge on any atom is 0.118 e. The Bertz CT molecular complexity index is 920. The summed E-state index contributed by atoms with van der Waals surface area (Å²) in [6.07, 6.45) is 0. The van der Waals surface area contributed by atoms with Gasteiger partial charge in [-0.2, -0.15) is 0 Å². The highest BCUT2D eigenvalue weighted by Crippen LogP contribution is 2.31. The minimum Gasteiger partial charge on any atom is -0.497 e. The average molecular weight is 376 g/mol. The lowest BCUT2D eigenvalue weighted by atomic mass is 10.1. The first-order chi connectivity index (χ1) is 13.7. The molecule has 0 N–H and O–H groups in total. The van der Waals surface area contributed by atoms with Gasteiger partial charge in [-0.1, -0.05) is 17.7 Å². The van der Waals surface area contributed by atoms with Crippen LogP contribution in [0.25, 0.3) is 16.9 Å². The minimum absolute atomic E-state index is 0.822. The van der Waals surface area contributed by atoms with E-state index in [1.54, 1.807) is 7.11 Å². The number of nitrogens with zero attached hydrogens (tertiary/aromatic N) is 2. The van der Waals surface area contributed by atoms with Gasteiger partial charge in [-0.3, -0.25) is 4.90 Å². The fourth-order valence-electron chi connectivity index (χ4n) is 3.82. The van der Waals surface area contributed by atoms with Crippen molar-refractivity contribution in [2.75, 3.05) is 33.4 Å². The van der Waals surface area contributed by atoms with Crippen molar-refractivity contribution in [1.82, 2.24) is 9.47 Å². The van der Waals surface area contributed by atoms with E-state index in [9.17, 15) is 0 Å². The molecule has 0 spiro atoms. The summed E-state index contributed by atoms with van der Waals surface area (Å²) in [4.78, 5) is 2.48. The maximum absolute atomic E-state index is 5.51. The van der Waals surface area contributed by atoms with Crippen LogP contribution in [0.4, 0.5) is 0 Å². The second-order valence-electron chi connectivity index (χ2n) is 7.43. The normalized spacial score (nSPS) is 15.0. The van der Waals surface area contributed by atoms with Gasteiger partial charge in [0.2, 0.25) is 0 Å². The van der Waals surface area contributed by atoms with Crippen LogP contribution >= 0.6 is 0 Å². The number of benzene rings is 2. The number of morpholine rings is 1. The molecule has 0 unspecified atom stereocenters. The molecule has 28 heavy (non-hydrogen) atoms. The lowest BCUT2D eigenvalue weighted by molar-refractivity contribution is 0.0341. The topological polar surface area (TPSA) is 26.6 Å². The molecule has 2 aromatic carbocycles. The van der Waals surface area contributed by atoms with Gasteiger partial charge in [-0.15, -0.1) is 0 Å². The van der Waals surface area contributed by atoms with E-state index in [-0.39, 0.29) is 0 Å². The highest BCUT2D eigenvalue weighted by atomic mass is 16.5. The first kappa shape index (κ1) is 18.8. The Kier molecular flexibility index (Phi) is 5.51. The molecule has 3 aromatic rings. The van der Waals surface area contributed by atoms with Gasteiger partial charge >= 0.3 is 0 Å². The summed E-state index contributed by atoms with van der Waals surface area (Å²) in [5, 5.41) is 0. The van der Waals surface area contributed by atoms with Gasteiger partial charge in [-0.25, -0.2) is 0 Å². The second kappa shape index (κ2) is 8.21. The van der Waals surface area contributed by atoms with Crippen LogP contribution < -0.4 is 4.74 Å². The molecule has 0 amide bonds. The molecule has 4 heteroatoms. The van der Waals surface area contributed by atoms with Crippen LogP contribution in [0.5, 0.6) is 5.75 Å². The van der Waals surface area contributed by atoms with Gasteiger partial charge in [0.1, 0.15) is 5.75 Å². The van der Waals surface area contributed by atoms with Crippen LogP contribution in [0.15, 0.2) is 54.6 Å². The van der Waals surface area contributed by atoms with Gasteiger partial charge in [-0.05, 0) is 67.4 Å². The number of aryl methyl sites for hydroxylation is 1. The summed E-state index contributed by atoms with van der Waals surface area (Å²) in [6, 6.07) is 19.4. The van der Waals surface area contributed by atoms with Crippen molar-refractivity contribution in [2.24, 2.45) is 0 Å². The Morgan fingerprint density at radius 2 is 1.61 bits per heavy atom. The summed E-state index contributed by atoms with van der Waals surface area (Å²) in [6.45, 7) is 8.94. The van der Waals surface area contributed by atoms with Crippen molar-refractivity contribution in [3.05, 3.63) is 71.4 Å². The predicted octanol–water partition coefficient (Wildman–Crippen LogP) is 4.60. The largest absolute Gasteiger partial charge is 0.497 e. The Balaban J connectivity index is 1.77. The minimum atomic E-state index is 0.822. The quantitative estimate of drug-likeness (QED) is 0.651. The Labute approximate surface area is 167 Å². The lowest BCUT2D eigenvalue weighted by Crippen LogP contribution is -2.35. The van der Waals surface area contributed by atoms with E-state index in [1.165, 1.54) is 33.8 Å². The molecule has 0 atom stereocenters. The van der Waals surface area contributed by atoms with Crippen molar-refractivity contribution in [1.29, 1.82) is 0 Å². The SMILES string of the molecule is COc1ccc(-c2cc(CN3CCOCC3)c(C)n2-c2ccc(C)cc2)cc1. The standard InChI is InChI=1S/C24H28N2O2/c1-18-4-8-22(9-5-18)26-19(2)21(17-25-12-14-28-15-13-25)16-24(26)20-6-10-23(27-3)11-7-20/h4-11,16H,12-15,17H2,1-3H3. The molecule has 1 aliphatic heterocycles. The smallest absolute Gasteiger partial charge is 0.118 e. The zero-order chi connectivity index (χ0) is 19.5. The lowest BCUT2D eigenvalue weighted by Gasteiger charge is -2.26. The van der Waals surface area contributed by atoms with Crippen molar-refractivity contribution >= 4 is 0 Å². The molecule has 4 nitrogen and oxygen atoms in total. The van der Waals surface area contributed by atoms with E-state index in [0.717, 1.165) is 38.6 Å². The van der Waals surface area contributed by atoms with E-state index in [4.69, 9.17) is 9.47 Å².